The third-order valence-corrected chi connectivity index (χ3v) is 4.29. The number of carbonyl (C=O) groups excluding carboxylic acids is 2. The Morgan fingerprint density at radius 1 is 0.739 bits per heavy atom. The molecular weight excluding hydrogens is 286 g/mol. The van der Waals surface area contributed by atoms with E-state index in [4.69, 9.17) is 0 Å². The number of Topliss-reactive ketones (excluding diaryl/α,β-unsaturated/α-hetero) is 2. The predicted molar refractivity (Wildman–Crippen MR) is 101 cm³/mol. The normalized spacial score (nSPS) is 14.3. The molecular formula is C20H41NO2. The van der Waals surface area contributed by atoms with E-state index in [1.807, 2.05) is 48.6 Å². The lowest BCUT2D eigenvalue weighted by molar-refractivity contribution is -0.127. The molecule has 138 valence electrons. The molecule has 0 radical (unpaired) electrons. The van der Waals surface area contributed by atoms with Gasteiger partial charge >= 0.3 is 0 Å². The largest absolute Gasteiger partial charge is 0.299 e. The predicted octanol–water partition coefficient (Wildman–Crippen LogP) is 4.83. The molecule has 0 bridgehead atoms. The maximum Gasteiger partial charge on any atom is 0.152 e. The van der Waals surface area contributed by atoms with Crippen LogP contribution in [-0.2, 0) is 9.59 Å². The highest BCUT2D eigenvalue weighted by Crippen LogP contribution is 2.15. The topological polar surface area (TPSA) is 37.4 Å². The van der Waals surface area contributed by atoms with Gasteiger partial charge in [0.2, 0.25) is 0 Å². The van der Waals surface area contributed by atoms with Gasteiger partial charge in [-0.3, -0.25) is 14.5 Å². The van der Waals surface area contributed by atoms with Crippen molar-refractivity contribution in [2.75, 3.05) is 7.05 Å². The first-order chi connectivity index (χ1) is 10.3. The molecule has 0 aromatic rings. The van der Waals surface area contributed by atoms with E-state index in [-0.39, 0.29) is 23.8 Å². The van der Waals surface area contributed by atoms with Crippen LogP contribution in [0.1, 0.15) is 75.7 Å². The Morgan fingerprint density at radius 2 is 1.13 bits per heavy atom. The molecule has 0 aromatic carbocycles. The number of rotatable bonds is 8. The van der Waals surface area contributed by atoms with Crippen LogP contribution in [0.4, 0.5) is 0 Å². The van der Waals surface area contributed by atoms with E-state index >= 15 is 0 Å². The molecule has 3 heteroatoms. The zero-order valence-electron chi connectivity index (χ0n) is 17.4. The first kappa shape index (κ1) is 24.6. The molecule has 3 nitrogen and oxygen atoms in total. The van der Waals surface area contributed by atoms with Crippen LogP contribution in [0.3, 0.4) is 0 Å². The van der Waals surface area contributed by atoms with Gasteiger partial charge in [-0.15, -0.1) is 0 Å². The highest BCUT2D eigenvalue weighted by Gasteiger charge is 2.21. The molecule has 0 saturated carbocycles. The number of carbonyl (C=O) groups is 2. The number of hydrogen-bond acceptors (Lipinski definition) is 3. The highest BCUT2D eigenvalue weighted by atomic mass is 16.1. The van der Waals surface area contributed by atoms with Crippen LogP contribution in [-0.4, -0.2) is 35.6 Å². The smallest absolute Gasteiger partial charge is 0.152 e. The number of hydrogen-bond donors (Lipinski definition) is 0. The third-order valence-electron chi connectivity index (χ3n) is 4.29. The van der Waals surface area contributed by atoms with Crippen molar-refractivity contribution in [1.82, 2.24) is 4.90 Å². The summed E-state index contributed by atoms with van der Waals surface area (Å²) in [5, 5.41) is 0. The standard InChI is InChI=1S/C10H21NO.C10H20O/c1-7(2)10(12)9(5)11(6)8(3)4;1-7(2)6-9(5)10(11)8(3)4/h7-9H,1-6H3;7-9H,6H2,1-5H3. The lowest BCUT2D eigenvalue weighted by Crippen LogP contribution is -2.42. The molecule has 23 heavy (non-hydrogen) atoms. The first-order valence-electron chi connectivity index (χ1n) is 9.12. The Bertz CT molecular complexity index is 346. The maximum atomic E-state index is 11.5. The summed E-state index contributed by atoms with van der Waals surface area (Å²) < 4.78 is 0. The van der Waals surface area contributed by atoms with Gasteiger partial charge in [0.1, 0.15) is 5.78 Å². The summed E-state index contributed by atoms with van der Waals surface area (Å²) >= 11 is 0. The van der Waals surface area contributed by atoms with Gasteiger partial charge in [-0.05, 0) is 40.2 Å². The summed E-state index contributed by atoms with van der Waals surface area (Å²) in [5.41, 5.74) is 0. The second-order valence-electron chi connectivity index (χ2n) is 8.08. The highest BCUT2D eigenvalue weighted by molar-refractivity contribution is 5.85. The second kappa shape index (κ2) is 11.8. The Hall–Kier alpha value is -0.700. The van der Waals surface area contributed by atoms with E-state index in [2.05, 4.69) is 32.6 Å². The minimum absolute atomic E-state index is 0.0463. The van der Waals surface area contributed by atoms with Crippen LogP contribution >= 0.6 is 0 Å². The SMILES string of the molecule is CC(C)C(=O)C(C)N(C)C(C)C.CC(C)CC(C)C(=O)C(C)C. The molecule has 0 heterocycles. The molecule has 0 spiro atoms. The van der Waals surface area contributed by atoms with Gasteiger partial charge in [0, 0.05) is 23.8 Å². The van der Waals surface area contributed by atoms with E-state index < -0.39 is 0 Å². The van der Waals surface area contributed by atoms with Crippen molar-refractivity contribution in [1.29, 1.82) is 0 Å². The number of likely N-dealkylation sites (N-methyl/N-ethyl adjacent to an activating group) is 1. The lowest BCUT2D eigenvalue weighted by Gasteiger charge is -2.28. The monoisotopic (exact) mass is 327 g/mol. The van der Waals surface area contributed by atoms with E-state index in [0.29, 0.717) is 23.5 Å². The molecule has 0 aliphatic rings. The van der Waals surface area contributed by atoms with Crippen molar-refractivity contribution >= 4 is 11.6 Å². The third kappa shape index (κ3) is 10.6. The van der Waals surface area contributed by atoms with E-state index in [0.717, 1.165) is 6.42 Å². The fourth-order valence-electron chi connectivity index (χ4n) is 2.52. The zero-order valence-corrected chi connectivity index (χ0v) is 17.4. The minimum Gasteiger partial charge on any atom is -0.299 e. The van der Waals surface area contributed by atoms with Crippen LogP contribution in [0.15, 0.2) is 0 Å². The van der Waals surface area contributed by atoms with Gasteiger partial charge < -0.3 is 0 Å². The fourth-order valence-corrected chi connectivity index (χ4v) is 2.52. The van der Waals surface area contributed by atoms with Crippen molar-refractivity contribution in [3.8, 4) is 0 Å². The zero-order chi connectivity index (χ0) is 18.9. The van der Waals surface area contributed by atoms with Crippen molar-refractivity contribution in [3.63, 3.8) is 0 Å². The van der Waals surface area contributed by atoms with E-state index in [1.54, 1.807) is 0 Å². The van der Waals surface area contributed by atoms with Crippen LogP contribution in [0.2, 0.25) is 0 Å². The quantitative estimate of drug-likeness (QED) is 0.640. The Morgan fingerprint density at radius 3 is 1.39 bits per heavy atom. The van der Waals surface area contributed by atoms with E-state index in [1.165, 1.54) is 0 Å². The van der Waals surface area contributed by atoms with Crippen molar-refractivity contribution < 1.29 is 9.59 Å². The fraction of sp³-hybridized carbons (Fsp3) is 0.900. The Labute approximate surface area is 145 Å². The molecule has 0 saturated heterocycles. The first-order valence-corrected chi connectivity index (χ1v) is 9.12. The molecule has 0 N–H and O–H groups in total. The minimum atomic E-state index is 0.0463. The molecule has 0 aliphatic carbocycles. The summed E-state index contributed by atoms with van der Waals surface area (Å²) in [4.78, 5) is 25.0. The summed E-state index contributed by atoms with van der Waals surface area (Å²) in [7, 11) is 2.00. The molecule has 0 rings (SSSR count). The molecule has 0 fully saturated rings. The number of nitrogens with zero attached hydrogens (tertiary/aromatic N) is 1. The molecule has 2 unspecified atom stereocenters. The van der Waals surface area contributed by atoms with Gasteiger partial charge in [-0.1, -0.05) is 48.5 Å². The van der Waals surface area contributed by atoms with Crippen LogP contribution < -0.4 is 0 Å². The van der Waals surface area contributed by atoms with Crippen molar-refractivity contribution in [2.24, 2.45) is 23.7 Å². The van der Waals surface area contributed by atoms with Gasteiger partial charge in [-0.25, -0.2) is 0 Å². The average molecular weight is 328 g/mol. The molecule has 0 aromatic heterocycles. The summed E-state index contributed by atoms with van der Waals surface area (Å²) in [5.74, 6) is 1.94. The maximum absolute atomic E-state index is 11.5. The van der Waals surface area contributed by atoms with Crippen LogP contribution in [0, 0.1) is 23.7 Å². The summed E-state index contributed by atoms with van der Waals surface area (Å²) in [6, 6.07) is 0.479. The van der Waals surface area contributed by atoms with Crippen molar-refractivity contribution in [3.05, 3.63) is 0 Å². The number of ketones is 2. The van der Waals surface area contributed by atoms with Gasteiger partial charge in [0.15, 0.2) is 5.78 Å². The lowest BCUT2D eigenvalue weighted by atomic mass is 9.90. The average Bonchev–Trinajstić information content (AvgIpc) is 2.43. The second-order valence-corrected chi connectivity index (χ2v) is 8.08. The van der Waals surface area contributed by atoms with E-state index in [9.17, 15) is 9.59 Å². The van der Waals surface area contributed by atoms with Gasteiger partial charge in [-0.2, -0.15) is 0 Å². The Balaban J connectivity index is 0. The molecule has 0 amide bonds. The summed E-state index contributed by atoms with van der Waals surface area (Å²) in [6.45, 7) is 20.4. The van der Waals surface area contributed by atoms with Crippen LogP contribution in [0.25, 0.3) is 0 Å². The van der Waals surface area contributed by atoms with Gasteiger partial charge in [0.25, 0.3) is 0 Å². The molecule has 2 atom stereocenters. The van der Waals surface area contributed by atoms with Crippen molar-refractivity contribution in [2.45, 2.75) is 87.7 Å². The summed E-state index contributed by atoms with van der Waals surface area (Å²) in [6.07, 6.45) is 1.02. The van der Waals surface area contributed by atoms with Crippen LogP contribution in [0.5, 0.6) is 0 Å². The van der Waals surface area contributed by atoms with Gasteiger partial charge in [0.05, 0.1) is 6.04 Å². The molecule has 0 aliphatic heterocycles. The Kier molecular flexibility index (Phi) is 12.6.